The van der Waals surface area contributed by atoms with Crippen molar-refractivity contribution >= 4 is 18.4 Å². The van der Waals surface area contributed by atoms with Gasteiger partial charge in [0.2, 0.25) is 0 Å². The van der Waals surface area contributed by atoms with Gasteiger partial charge in [-0.25, -0.2) is 0 Å². The highest BCUT2D eigenvalue weighted by atomic mass is 35.5. The van der Waals surface area contributed by atoms with Crippen LogP contribution in [0, 0.1) is 11.8 Å². The van der Waals surface area contributed by atoms with Crippen LogP contribution in [-0.2, 0) is 9.53 Å². The zero-order chi connectivity index (χ0) is 8.77. The Morgan fingerprint density at radius 2 is 2.23 bits per heavy atom. The Kier molecular flexibility index (Phi) is 2.88. The summed E-state index contributed by atoms with van der Waals surface area (Å²) in [6.07, 6.45) is 0.976. The van der Waals surface area contributed by atoms with Crippen LogP contribution in [0.3, 0.4) is 0 Å². The first kappa shape index (κ1) is 10.8. The van der Waals surface area contributed by atoms with Crippen LogP contribution in [0.1, 0.15) is 20.3 Å². The Bertz CT molecular complexity index is 214. The van der Waals surface area contributed by atoms with E-state index in [1.165, 1.54) is 0 Å². The lowest BCUT2D eigenvalue weighted by Crippen LogP contribution is -2.37. The van der Waals surface area contributed by atoms with Crippen molar-refractivity contribution < 1.29 is 9.53 Å². The molecular weight excluding hydrogens is 190 g/mol. The third kappa shape index (κ3) is 1.44. The maximum atomic E-state index is 11.3. The molecule has 0 saturated carbocycles. The predicted octanol–water partition coefficient (Wildman–Crippen LogP) is 0.969. The molecule has 2 rings (SSSR count). The number of ether oxygens (including phenoxy) is 1. The van der Waals surface area contributed by atoms with Gasteiger partial charge in [-0.05, 0) is 6.54 Å². The molecule has 3 unspecified atom stereocenters. The molecule has 2 fully saturated rings. The van der Waals surface area contributed by atoms with Gasteiger partial charge in [-0.1, -0.05) is 13.8 Å². The molecule has 0 aromatic heterocycles. The van der Waals surface area contributed by atoms with E-state index in [9.17, 15) is 4.79 Å². The summed E-state index contributed by atoms with van der Waals surface area (Å²) in [5.41, 5.74) is -0.170. The molecule has 4 heteroatoms. The SMILES string of the molecule is CC1C(=O)OC2(CCNC2)C1C.Cl. The minimum atomic E-state index is -0.170. The summed E-state index contributed by atoms with van der Waals surface area (Å²) in [5, 5.41) is 3.25. The second kappa shape index (κ2) is 3.46. The molecule has 2 heterocycles. The highest BCUT2D eigenvalue weighted by Gasteiger charge is 2.52. The van der Waals surface area contributed by atoms with Gasteiger partial charge >= 0.3 is 5.97 Å². The monoisotopic (exact) mass is 205 g/mol. The summed E-state index contributed by atoms with van der Waals surface area (Å²) in [6, 6.07) is 0. The Hall–Kier alpha value is -0.280. The minimum Gasteiger partial charge on any atom is -0.457 e. The number of carbonyl (C=O) groups is 1. The molecule has 76 valence electrons. The first-order valence-corrected chi connectivity index (χ1v) is 4.59. The highest BCUT2D eigenvalue weighted by Crippen LogP contribution is 2.40. The standard InChI is InChI=1S/C9H15NO2.ClH/c1-6-7(2)9(12-8(6)11)3-4-10-5-9;/h6-7,10H,3-5H2,1-2H3;1H. The maximum Gasteiger partial charge on any atom is 0.309 e. The Balaban J connectivity index is 0.000000845. The Morgan fingerprint density at radius 3 is 2.62 bits per heavy atom. The lowest BCUT2D eigenvalue weighted by Gasteiger charge is -2.25. The number of rotatable bonds is 0. The Morgan fingerprint density at radius 1 is 1.54 bits per heavy atom. The van der Waals surface area contributed by atoms with Gasteiger partial charge < -0.3 is 10.1 Å². The van der Waals surface area contributed by atoms with E-state index in [4.69, 9.17) is 4.74 Å². The fourth-order valence-corrected chi connectivity index (χ4v) is 2.21. The molecule has 2 saturated heterocycles. The molecule has 0 aliphatic carbocycles. The van der Waals surface area contributed by atoms with Crippen LogP contribution in [-0.4, -0.2) is 24.7 Å². The van der Waals surface area contributed by atoms with Crippen LogP contribution in [0.15, 0.2) is 0 Å². The van der Waals surface area contributed by atoms with E-state index < -0.39 is 0 Å². The summed E-state index contributed by atoms with van der Waals surface area (Å²) >= 11 is 0. The van der Waals surface area contributed by atoms with Crippen molar-refractivity contribution in [2.24, 2.45) is 11.8 Å². The largest absolute Gasteiger partial charge is 0.457 e. The van der Waals surface area contributed by atoms with Crippen LogP contribution in [0.2, 0.25) is 0 Å². The van der Waals surface area contributed by atoms with Crippen molar-refractivity contribution in [3.63, 3.8) is 0 Å². The first-order chi connectivity index (χ1) is 5.66. The zero-order valence-electron chi connectivity index (χ0n) is 8.00. The second-order valence-corrected chi connectivity index (χ2v) is 3.99. The molecule has 0 aromatic rings. The van der Waals surface area contributed by atoms with Crippen LogP contribution < -0.4 is 5.32 Å². The normalized spacial score (nSPS) is 43.4. The minimum absolute atomic E-state index is 0. The number of esters is 1. The summed E-state index contributed by atoms with van der Waals surface area (Å²) in [5.74, 6) is 0.413. The fraction of sp³-hybridized carbons (Fsp3) is 0.889. The van der Waals surface area contributed by atoms with E-state index >= 15 is 0 Å². The van der Waals surface area contributed by atoms with E-state index in [1.807, 2.05) is 6.92 Å². The summed E-state index contributed by atoms with van der Waals surface area (Å²) in [7, 11) is 0. The summed E-state index contributed by atoms with van der Waals surface area (Å²) in [4.78, 5) is 11.3. The van der Waals surface area contributed by atoms with E-state index in [0.717, 1.165) is 19.5 Å². The Labute approximate surface area is 84.6 Å². The van der Waals surface area contributed by atoms with Gasteiger partial charge in [0.05, 0.1) is 5.92 Å². The lowest BCUT2D eigenvalue weighted by molar-refractivity contribution is -0.149. The molecule has 0 radical (unpaired) electrons. The molecule has 3 nitrogen and oxygen atoms in total. The van der Waals surface area contributed by atoms with Crippen molar-refractivity contribution in [3.8, 4) is 0 Å². The number of hydrogen-bond donors (Lipinski definition) is 1. The topological polar surface area (TPSA) is 38.3 Å². The van der Waals surface area contributed by atoms with Gasteiger partial charge in [-0.15, -0.1) is 12.4 Å². The van der Waals surface area contributed by atoms with Crippen molar-refractivity contribution in [2.75, 3.05) is 13.1 Å². The van der Waals surface area contributed by atoms with Gasteiger partial charge in [0.1, 0.15) is 5.60 Å². The van der Waals surface area contributed by atoms with Crippen molar-refractivity contribution in [2.45, 2.75) is 25.9 Å². The number of carbonyl (C=O) groups excluding carboxylic acids is 1. The molecule has 13 heavy (non-hydrogen) atoms. The van der Waals surface area contributed by atoms with Crippen LogP contribution in [0.4, 0.5) is 0 Å². The van der Waals surface area contributed by atoms with Gasteiger partial charge in [-0.2, -0.15) is 0 Å². The van der Waals surface area contributed by atoms with Gasteiger partial charge in [0.25, 0.3) is 0 Å². The van der Waals surface area contributed by atoms with Gasteiger partial charge in [0, 0.05) is 18.9 Å². The van der Waals surface area contributed by atoms with E-state index in [-0.39, 0.29) is 29.9 Å². The van der Waals surface area contributed by atoms with Crippen LogP contribution >= 0.6 is 12.4 Å². The smallest absolute Gasteiger partial charge is 0.309 e. The molecule has 0 amide bonds. The average molecular weight is 206 g/mol. The van der Waals surface area contributed by atoms with Crippen molar-refractivity contribution in [1.29, 1.82) is 0 Å². The third-order valence-corrected chi connectivity index (χ3v) is 3.40. The van der Waals surface area contributed by atoms with E-state index in [0.29, 0.717) is 5.92 Å². The van der Waals surface area contributed by atoms with Crippen LogP contribution in [0.5, 0.6) is 0 Å². The van der Waals surface area contributed by atoms with Gasteiger partial charge in [0.15, 0.2) is 0 Å². The molecule has 2 aliphatic heterocycles. The third-order valence-electron chi connectivity index (χ3n) is 3.40. The molecule has 0 aromatic carbocycles. The highest BCUT2D eigenvalue weighted by molar-refractivity contribution is 5.85. The number of halogens is 1. The van der Waals surface area contributed by atoms with Crippen LogP contribution in [0.25, 0.3) is 0 Å². The van der Waals surface area contributed by atoms with E-state index in [1.54, 1.807) is 0 Å². The summed E-state index contributed by atoms with van der Waals surface area (Å²) < 4.78 is 5.43. The lowest BCUT2D eigenvalue weighted by atomic mass is 9.83. The van der Waals surface area contributed by atoms with E-state index in [2.05, 4.69) is 12.2 Å². The van der Waals surface area contributed by atoms with Crippen molar-refractivity contribution in [1.82, 2.24) is 5.32 Å². The molecule has 1 N–H and O–H groups in total. The summed E-state index contributed by atoms with van der Waals surface area (Å²) in [6.45, 7) is 5.89. The first-order valence-electron chi connectivity index (χ1n) is 4.59. The molecular formula is C9H16ClNO2. The zero-order valence-corrected chi connectivity index (χ0v) is 8.82. The molecule has 1 spiro atoms. The average Bonchev–Trinajstić information content (AvgIpc) is 2.57. The quantitative estimate of drug-likeness (QED) is 0.599. The molecule has 2 aliphatic rings. The van der Waals surface area contributed by atoms with Gasteiger partial charge in [-0.3, -0.25) is 4.79 Å². The number of hydrogen-bond acceptors (Lipinski definition) is 3. The predicted molar refractivity (Wildman–Crippen MR) is 51.9 cm³/mol. The number of nitrogens with one attached hydrogen (secondary N) is 1. The maximum absolute atomic E-state index is 11.3. The second-order valence-electron chi connectivity index (χ2n) is 3.99. The molecule has 3 atom stereocenters. The molecule has 0 bridgehead atoms. The fourth-order valence-electron chi connectivity index (χ4n) is 2.21. The van der Waals surface area contributed by atoms with Crippen molar-refractivity contribution in [3.05, 3.63) is 0 Å².